The predicted octanol–water partition coefficient (Wildman–Crippen LogP) is 2.50. The van der Waals surface area contributed by atoms with Crippen LogP contribution in [-0.2, 0) is 0 Å². The molecule has 2 rings (SSSR count). The Kier molecular flexibility index (Phi) is 6.50. The van der Waals surface area contributed by atoms with E-state index >= 15 is 0 Å². The van der Waals surface area contributed by atoms with Gasteiger partial charge in [-0.15, -0.1) is 0 Å². The highest BCUT2D eigenvalue weighted by atomic mass is 16.5. The molecule has 2 heterocycles. The number of carbonyl (C=O) groups is 1. The standard InChI is InChI=1S/C17H28N4O2/c1-4-11-20(3)17(22)18-14-9-12-21(13-10-14)15-7-6-8-16(19-15)23-5-2/h6-8,14H,4-5,9-13H2,1-3H3,(H,18,22). The van der Waals surface area contributed by atoms with Crippen molar-refractivity contribution in [2.75, 3.05) is 38.2 Å². The van der Waals surface area contributed by atoms with E-state index < -0.39 is 0 Å². The van der Waals surface area contributed by atoms with E-state index in [4.69, 9.17) is 4.74 Å². The fourth-order valence-electron chi connectivity index (χ4n) is 2.78. The molecule has 1 aromatic heterocycles. The smallest absolute Gasteiger partial charge is 0.317 e. The lowest BCUT2D eigenvalue weighted by Gasteiger charge is -2.34. The van der Waals surface area contributed by atoms with Crippen molar-refractivity contribution in [2.24, 2.45) is 0 Å². The average molecular weight is 320 g/mol. The number of ether oxygens (including phenoxy) is 1. The van der Waals surface area contributed by atoms with E-state index in [-0.39, 0.29) is 12.1 Å². The second-order valence-corrected chi connectivity index (χ2v) is 5.90. The molecule has 0 bridgehead atoms. The van der Waals surface area contributed by atoms with Gasteiger partial charge in [-0.3, -0.25) is 0 Å². The van der Waals surface area contributed by atoms with Crippen LogP contribution in [0.2, 0.25) is 0 Å². The molecule has 0 radical (unpaired) electrons. The van der Waals surface area contributed by atoms with Crippen molar-refractivity contribution in [3.8, 4) is 5.88 Å². The molecular weight excluding hydrogens is 292 g/mol. The van der Waals surface area contributed by atoms with Crippen molar-refractivity contribution in [2.45, 2.75) is 39.2 Å². The zero-order valence-electron chi connectivity index (χ0n) is 14.4. The molecule has 1 aliphatic heterocycles. The van der Waals surface area contributed by atoms with E-state index in [1.165, 1.54) is 0 Å². The first kappa shape index (κ1) is 17.4. The van der Waals surface area contributed by atoms with Gasteiger partial charge in [-0.05, 0) is 32.3 Å². The second kappa shape index (κ2) is 8.60. The van der Waals surface area contributed by atoms with Crippen LogP contribution >= 0.6 is 0 Å². The summed E-state index contributed by atoms with van der Waals surface area (Å²) in [4.78, 5) is 20.6. The second-order valence-electron chi connectivity index (χ2n) is 5.90. The first-order valence-corrected chi connectivity index (χ1v) is 8.50. The number of nitrogens with zero attached hydrogens (tertiary/aromatic N) is 3. The first-order valence-electron chi connectivity index (χ1n) is 8.50. The van der Waals surface area contributed by atoms with Crippen LogP contribution in [0.1, 0.15) is 33.1 Å². The maximum absolute atomic E-state index is 12.0. The molecule has 6 nitrogen and oxygen atoms in total. The highest BCUT2D eigenvalue weighted by molar-refractivity contribution is 5.74. The van der Waals surface area contributed by atoms with Gasteiger partial charge in [0.15, 0.2) is 0 Å². The van der Waals surface area contributed by atoms with Crippen molar-refractivity contribution < 1.29 is 9.53 Å². The average Bonchev–Trinajstić information content (AvgIpc) is 2.56. The topological polar surface area (TPSA) is 57.7 Å². The van der Waals surface area contributed by atoms with Gasteiger partial charge in [0.2, 0.25) is 5.88 Å². The number of hydrogen-bond acceptors (Lipinski definition) is 4. The van der Waals surface area contributed by atoms with Gasteiger partial charge < -0.3 is 19.9 Å². The Bertz CT molecular complexity index is 501. The third kappa shape index (κ3) is 5.01. The van der Waals surface area contributed by atoms with Crippen LogP contribution in [0.5, 0.6) is 5.88 Å². The molecule has 1 N–H and O–H groups in total. The van der Waals surface area contributed by atoms with E-state index in [1.807, 2.05) is 32.2 Å². The van der Waals surface area contributed by atoms with Gasteiger partial charge >= 0.3 is 6.03 Å². The van der Waals surface area contributed by atoms with Gasteiger partial charge in [0, 0.05) is 38.8 Å². The summed E-state index contributed by atoms with van der Waals surface area (Å²) in [7, 11) is 1.84. The Morgan fingerprint density at radius 1 is 1.39 bits per heavy atom. The van der Waals surface area contributed by atoms with E-state index in [2.05, 4.69) is 22.1 Å². The number of amides is 2. The van der Waals surface area contributed by atoms with Crippen LogP contribution in [0, 0.1) is 0 Å². The highest BCUT2D eigenvalue weighted by Crippen LogP contribution is 2.20. The molecule has 0 unspecified atom stereocenters. The van der Waals surface area contributed by atoms with E-state index in [0.717, 1.165) is 44.7 Å². The molecule has 1 aromatic rings. The number of nitrogens with one attached hydrogen (secondary N) is 1. The van der Waals surface area contributed by atoms with Crippen LogP contribution in [0.15, 0.2) is 18.2 Å². The number of rotatable bonds is 6. The Balaban J connectivity index is 1.84. The maximum atomic E-state index is 12.0. The van der Waals surface area contributed by atoms with Crippen LogP contribution in [0.4, 0.5) is 10.6 Å². The molecule has 1 fully saturated rings. The summed E-state index contributed by atoms with van der Waals surface area (Å²) in [5.41, 5.74) is 0. The van der Waals surface area contributed by atoms with Gasteiger partial charge in [-0.25, -0.2) is 4.79 Å². The van der Waals surface area contributed by atoms with Crippen LogP contribution < -0.4 is 15.0 Å². The lowest BCUT2D eigenvalue weighted by molar-refractivity contribution is 0.202. The molecule has 0 aliphatic carbocycles. The Morgan fingerprint density at radius 3 is 2.78 bits per heavy atom. The van der Waals surface area contributed by atoms with Crippen molar-refractivity contribution in [1.82, 2.24) is 15.2 Å². The molecule has 2 amide bonds. The van der Waals surface area contributed by atoms with E-state index in [1.54, 1.807) is 4.90 Å². The normalized spacial score (nSPS) is 15.3. The quantitative estimate of drug-likeness (QED) is 0.875. The van der Waals surface area contributed by atoms with Crippen molar-refractivity contribution in [3.63, 3.8) is 0 Å². The zero-order valence-corrected chi connectivity index (χ0v) is 14.4. The number of carbonyl (C=O) groups excluding carboxylic acids is 1. The number of anilines is 1. The Hall–Kier alpha value is -1.98. The van der Waals surface area contributed by atoms with Crippen LogP contribution in [0.3, 0.4) is 0 Å². The minimum Gasteiger partial charge on any atom is -0.478 e. The number of urea groups is 1. The fraction of sp³-hybridized carbons (Fsp3) is 0.647. The van der Waals surface area contributed by atoms with Crippen molar-refractivity contribution in [1.29, 1.82) is 0 Å². The minimum absolute atomic E-state index is 0.0294. The summed E-state index contributed by atoms with van der Waals surface area (Å²) in [5.74, 6) is 1.62. The summed E-state index contributed by atoms with van der Waals surface area (Å²) >= 11 is 0. The molecule has 6 heteroatoms. The monoisotopic (exact) mass is 320 g/mol. The molecule has 128 valence electrons. The van der Waals surface area contributed by atoms with Gasteiger partial charge in [-0.2, -0.15) is 4.98 Å². The van der Waals surface area contributed by atoms with Crippen LogP contribution in [0.25, 0.3) is 0 Å². The summed E-state index contributed by atoms with van der Waals surface area (Å²) < 4.78 is 5.46. The van der Waals surface area contributed by atoms with Gasteiger partial charge in [0.05, 0.1) is 6.61 Å². The zero-order chi connectivity index (χ0) is 16.7. The number of pyridine rings is 1. The highest BCUT2D eigenvalue weighted by Gasteiger charge is 2.22. The first-order chi connectivity index (χ1) is 11.1. The Morgan fingerprint density at radius 2 is 2.13 bits per heavy atom. The largest absolute Gasteiger partial charge is 0.478 e. The fourth-order valence-corrected chi connectivity index (χ4v) is 2.78. The molecule has 23 heavy (non-hydrogen) atoms. The number of hydrogen-bond donors (Lipinski definition) is 1. The van der Waals surface area contributed by atoms with Gasteiger partial charge in [0.25, 0.3) is 0 Å². The molecular formula is C17H28N4O2. The summed E-state index contributed by atoms with van der Waals surface area (Å²) in [5, 5.41) is 3.12. The maximum Gasteiger partial charge on any atom is 0.317 e. The minimum atomic E-state index is 0.0294. The third-order valence-corrected chi connectivity index (χ3v) is 4.05. The molecule has 0 spiro atoms. The lowest BCUT2D eigenvalue weighted by atomic mass is 10.1. The lowest BCUT2D eigenvalue weighted by Crippen LogP contribution is -2.48. The van der Waals surface area contributed by atoms with Crippen molar-refractivity contribution in [3.05, 3.63) is 18.2 Å². The van der Waals surface area contributed by atoms with Gasteiger partial charge in [-0.1, -0.05) is 13.0 Å². The number of aromatic nitrogens is 1. The summed E-state index contributed by atoms with van der Waals surface area (Å²) in [6, 6.07) is 6.14. The molecule has 0 saturated carbocycles. The molecule has 0 aromatic carbocycles. The van der Waals surface area contributed by atoms with Gasteiger partial charge in [0.1, 0.15) is 5.82 Å². The third-order valence-electron chi connectivity index (χ3n) is 4.05. The molecule has 0 atom stereocenters. The summed E-state index contributed by atoms with van der Waals surface area (Å²) in [6.45, 7) is 7.23. The van der Waals surface area contributed by atoms with Crippen LogP contribution in [-0.4, -0.2) is 55.2 Å². The molecule has 1 saturated heterocycles. The van der Waals surface area contributed by atoms with E-state index in [9.17, 15) is 4.79 Å². The van der Waals surface area contributed by atoms with E-state index in [0.29, 0.717) is 12.5 Å². The predicted molar refractivity (Wildman–Crippen MR) is 92.1 cm³/mol. The number of piperidine rings is 1. The van der Waals surface area contributed by atoms with Crippen molar-refractivity contribution >= 4 is 11.8 Å². The molecule has 1 aliphatic rings. The summed E-state index contributed by atoms with van der Waals surface area (Å²) in [6.07, 6.45) is 2.85. The SMILES string of the molecule is CCCN(C)C(=O)NC1CCN(c2cccc(OCC)n2)CC1. The Labute approximate surface area is 138 Å².